The van der Waals surface area contributed by atoms with Gasteiger partial charge < -0.3 is 19.8 Å². The molecule has 23 heavy (non-hydrogen) atoms. The highest BCUT2D eigenvalue weighted by molar-refractivity contribution is 14.0. The number of halogens is 1. The number of hydrogen-bond donors (Lipinski definition) is 2. The van der Waals surface area contributed by atoms with Crippen LogP contribution in [0, 0.1) is 11.3 Å². The van der Waals surface area contributed by atoms with Gasteiger partial charge in [0.25, 0.3) is 0 Å². The molecular formula is C17H28IN3O2. The number of rotatable bonds is 5. The van der Waals surface area contributed by atoms with Crippen LogP contribution in [0.2, 0.25) is 0 Å². The molecule has 5 nitrogen and oxygen atoms in total. The van der Waals surface area contributed by atoms with Crippen LogP contribution in [0.25, 0.3) is 0 Å². The lowest BCUT2D eigenvalue weighted by Gasteiger charge is -2.54. The Morgan fingerprint density at radius 2 is 2.26 bits per heavy atom. The molecule has 3 atom stereocenters. The van der Waals surface area contributed by atoms with Crippen molar-refractivity contribution in [2.24, 2.45) is 16.3 Å². The van der Waals surface area contributed by atoms with E-state index in [0.717, 1.165) is 44.3 Å². The number of nitrogens with zero attached hydrogens (tertiary/aromatic N) is 1. The quantitative estimate of drug-likeness (QED) is 0.426. The Morgan fingerprint density at radius 1 is 1.43 bits per heavy atom. The van der Waals surface area contributed by atoms with Gasteiger partial charge in [0, 0.05) is 43.5 Å². The van der Waals surface area contributed by atoms with E-state index in [0.29, 0.717) is 18.1 Å². The zero-order valence-corrected chi connectivity index (χ0v) is 16.5. The number of ether oxygens (including phenoxy) is 1. The minimum absolute atomic E-state index is 0. The summed E-state index contributed by atoms with van der Waals surface area (Å²) in [5.74, 6) is 2.49. The molecule has 0 spiro atoms. The molecule has 3 rings (SSSR count). The summed E-state index contributed by atoms with van der Waals surface area (Å²) in [7, 11) is 0. The maximum atomic E-state index is 5.86. The third kappa shape index (κ3) is 3.84. The van der Waals surface area contributed by atoms with Crippen molar-refractivity contribution in [1.29, 1.82) is 0 Å². The van der Waals surface area contributed by atoms with Gasteiger partial charge in [-0.05, 0) is 25.5 Å². The van der Waals surface area contributed by atoms with E-state index in [1.165, 1.54) is 0 Å². The molecule has 1 saturated heterocycles. The first-order valence-electron chi connectivity index (χ1n) is 8.31. The molecule has 2 aliphatic rings. The second-order valence-corrected chi connectivity index (χ2v) is 6.78. The Balaban J connectivity index is 0.00000192. The van der Waals surface area contributed by atoms with Crippen LogP contribution in [-0.4, -0.2) is 37.8 Å². The van der Waals surface area contributed by atoms with Crippen LogP contribution < -0.4 is 10.6 Å². The van der Waals surface area contributed by atoms with E-state index < -0.39 is 0 Å². The molecule has 1 aromatic rings. The van der Waals surface area contributed by atoms with Gasteiger partial charge in [-0.25, -0.2) is 0 Å². The van der Waals surface area contributed by atoms with Gasteiger partial charge in [-0.15, -0.1) is 24.0 Å². The van der Waals surface area contributed by atoms with Crippen molar-refractivity contribution in [2.45, 2.75) is 45.8 Å². The average Bonchev–Trinajstić information content (AvgIpc) is 3.14. The first-order valence-corrected chi connectivity index (χ1v) is 8.31. The highest BCUT2D eigenvalue weighted by atomic mass is 127. The van der Waals surface area contributed by atoms with Crippen LogP contribution in [0.5, 0.6) is 0 Å². The fourth-order valence-electron chi connectivity index (χ4n) is 3.82. The monoisotopic (exact) mass is 433 g/mol. The van der Waals surface area contributed by atoms with Gasteiger partial charge in [-0.3, -0.25) is 4.99 Å². The fourth-order valence-corrected chi connectivity index (χ4v) is 3.82. The highest BCUT2D eigenvalue weighted by Gasteiger charge is 2.59. The Hall–Kier alpha value is -0.760. The van der Waals surface area contributed by atoms with Crippen LogP contribution in [0.3, 0.4) is 0 Å². The number of furan rings is 1. The number of fused-ring (bicyclic) bond motifs is 1. The van der Waals surface area contributed by atoms with E-state index in [1.54, 1.807) is 6.26 Å². The lowest BCUT2D eigenvalue weighted by atomic mass is 9.57. The van der Waals surface area contributed by atoms with E-state index in [4.69, 9.17) is 9.15 Å². The smallest absolute Gasteiger partial charge is 0.191 e. The highest BCUT2D eigenvalue weighted by Crippen LogP contribution is 2.52. The van der Waals surface area contributed by atoms with Crippen molar-refractivity contribution in [3.63, 3.8) is 0 Å². The summed E-state index contributed by atoms with van der Waals surface area (Å²) >= 11 is 0. The maximum Gasteiger partial charge on any atom is 0.191 e. The standard InChI is InChI=1S/C17H27N3O2.HI/c1-4-18-16(19-9-7-12-6-5-10-21-12)20-14-13-8-11-22-15(13)17(14,2)3;/h5-6,10,13-15H,4,7-9,11H2,1-3H3,(H2,18,19,20);1H. The number of hydrogen-bond acceptors (Lipinski definition) is 3. The Kier molecular flexibility index (Phi) is 6.36. The minimum Gasteiger partial charge on any atom is -0.469 e. The molecule has 1 aliphatic carbocycles. The zero-order valence-electron chi connectivity index (χ0n) is 14.2. The molecule has 2 fully saturated rings. The summed E-state index contributed by atoms with van der Waals surface area (Å²) in [6.45, 7) is 9.14. The summed E-state index contributed by atoms with van der Waals surface area (Å²) in [5.41, 5.74) is 0.165. The summed E-state index contributed by atoms with van der Waals surface area (Å²) in [6, 6.07) is 4.34. The Morgan fingerprint density at radius 3 is 2.96 bits per heavy atom. The van der Waals surface area contributed by atoms with Crippen molar-refractivity contribution < 1.29 is 9.15 Å². The number of guanidine groups is 1. The molecule has 0 amide bonds. The fraction of sp³-hybridized carbons (Fsp3) is 0.706. The molecule has 1 saturated carbocycles. The molecule has 1 aromatic heterocycles. The lowest BCUT2D eigenvalue weighted by molar-refractivity contribution is -0.106. The molecule has 130 valence electrons. The Bertz CT molecular complexity index is 516. The van der Waals surface area contributed by atoms with Crippen molar-refractivity contribution in [2.75, 3.05) is 19.7 Å². The van der Waals surface area contributed by atoms with Crippen LogP contribution in [-0.2, 0) is 11.2 Å². The van der Waals surface area contributed by atoms with E-state index in [-0.39, 0.29) is 29.4 Å². The molecule has 0 aromatic carbocycles. The van der Waals surface area contributed by atoms with Crippen molar-refractivity contribution in [3.8, 4) is 0 Å². The largest absolute Gasteiger partial charge is 0.469 e. The summed E-state index contributed by atoms with van der Waals surface area (Å²) in [4.78, 5) is 4.68. The van der Waals surface area contributed by atoms with Gasteiger partial charge in [0.15, 0.2) is 5.96 Å². The molecular weight excluding hydrogens is 405 g/mol. The Labute approximate surface area is 155 Å². The van der Waals surface area contributed by atoms with Crippen molar-refractivity contribution >= 4 is 29.9 Å². The molecule has 2 N–H and O–H groups in total. The van der Waals surface area contributed by atoms with Gasteiger partial charge in [0.05, 0.1) is 12.4 Å². The lowest BCUT2D eigenvalue weighted by Crippen LogP contribution is -2.68. The van der Waals surface area contributed by atoms with Gasteiger partial charge in [0.2, 0.25) is 0 Å². The van der Waals surface area contributed by atoms with Crippen LogP contribution >= 0.6 is 24.0 Å². The molecule has 3 unspecified atom stereocenters. The summed E-state index contributed by atoms with van der Waals surface area (Å²) in [6.07, 6.45) is 4.08. The summed E-state index contributed by atoms with van der Waals surface area (Å²) in [5, 5.41) is 6.97. The zero-order chi connectivity index (χ0) is 15.6. The van der Waals surface area contributed by atoms with Crippen LogP contribution in [0.4, 0.5) is 0 Å². The van der Waals surface area contributed by atoms with E-state index >= 15 is 0 Å². The van der Waals surface area contributed by atoms with Gasteiger partial charge in [-0.1, -0.05) is 13.8 Å². The maximum absolute atomic E-state index is 5.86. The first-order chi connectivity index (χ1) is 10.6. The predicted octanol–water partition coefficient (Wildman–Crippen LogP) is 2.81. The van der Waals surface area contributed by atoms with Gasteiger partial charge >= 0.3 is 0 Å². The van der Waals surface area contributed by atoms with Crippen LogP contribution in [0.1, 0.15) is 33.0 Å². The SMILES string of the molecule is CCNC(=NCCc1ccco1)NC1C2CCOC2C1(C)C.I. The number of nitrogens with one attached hydrogen (secondary N) is 2. The topological polar surface area (TPSA) is 58.8 Å². The summed E-state index contributed by atoms with van der Waals surface area (Å²) < 4.78 is 11.2. The van der Waals surface area contributed by atoms with Gasteiger partial charge in [0.1, 0.15) is 5.76 Å². The molecule has 0 radical (unpaired) electrons. The molecule has 0 bridgehead atoms. The first kappa shape index (κ1) is 18.6. The third-order valence-corrected chi connectivity index (χ3v) is 4.95. The van der Waals surface area contributed by atoms with E-state index in [9.17, 15) is 0 Å². The minimum atomic E-state index is 0. The second-order valence-electron chi connectivity index (χ2n) is 6.78. The molecule has 1 aliphatic heterocycles. The second kappa shape index (κ2) is 7.88. The average molecular weight is 433 g/mol. The van der Waals surface area contributed by atoms with Crippen molar-refractivity contribution in [3.05, 3.63) is 24.2 Å². The van der Waals surface area contributed by atoms with E-state index in [2.05, 4.69) is 36.4 Å². The molecule has 6 heteroatoms. The predicted molar refractivity (Wildman–Crippen MR) is 102 cm³/mol. The van der Waals surface area contributed by atoms with E-state index in [1.807, 2.05) is 12.1 Å². The molecule has 2 heterocycles. The van der Waals surface area contributed by atoms with Crippen LogP contribution in [0.15, 0.2) is 27.8 Å². The van der Waals surface area contributed by atoms with Gasteiger partial charge in [-0.2, -0.15) is 0 Å². The number of aliphatic imine (C=N–C) groups is 1. The van der Waals surface area contributed by atoms with Crippen molar-refractivity contribution in [1.82, 2.24) is 10.6 Å². The normalized spacial score (nSPS) is 28.5. The third-order valence-electron chi connectivity index (χ3n) is 4.95.